The first-order valence-electron chi connectivity index (χ1n) is 11.6. The molecule has 0 aromatic heterocycles. The van der Waals surface area contributed by atoms with E-state index >= 15 is 0 Å². The van der Waals surface area contributed by atoms with Crippen LogP contribution in [-0.2, 0) is 41.5 Å². The Balaban J connectivity index is 2.14. The summed E-state index contributed by atoms with van der Waals surface area (Å²) in [6.07, 6.45) is 0.379. The molecule has 2 atom stereocenters. The molecule has 2 amide bonds. The van der Waals surface area contributed by atoms with Crippen molar-refractivity contribution < 1.29 is 38.5 Å². The van der Waals surface area contributed by atoms with Gasteiger partial charge in [0.25, 0.3) is 0 Å². The molecule has 0 fully saturated rings. The Hall–Kier alpha value is -4.08. The van der Waals surface area contributed by atoms with Crippen LogP contribution in [0.2, 0.25) is 0 Å². The summed E-state index contributed by atoms with van der Waals surface area (Å²) in [7, 11) is 0. The van der Waals surface area contributed by atoms with E-state index in [1.807, 2.05) is 0 Å². The topological polar surface area (TPSA) is 140 Å². The number of carbonyl (C=O) groups excluding carboxylic acids is 4. The average Bonchev–Trinajstić information content (AvgIpc) is 2.81. The molecule has 2 unspecified atom stereocenters. The van der Waals surface area contributed by atoms with Gasteiger partial charge in [0.05, 0.1) is 13.2 Å². The first kappa shape index (κ1) is 28.2. The van der Waals surface area contributed by atoms with Gasteiger partial charge in [0.2, 0.25) is 11.8 Å². The Labute approximate surface area is 209 Å². The molecule has 10 heteroatoms. The lowest BCUT2D eigenvalue weighted by atomic mass is 10.0. The van der Waals surface area contributed by atoms with Crippen molar-refractivity contribution in [1.29, 1.82) is 0 Å². The Kier molecular flexibility index (Phi) is 10.7. The largest absolute Gasteiger partial charge is 0.504 e. The molecule has 194 valence electrons. The van der Waals surface area contributed by atoms with Gasteiger partial charge < -0.3 is 30.0 Å². The Morgan fingerprint density at radius 3 is 1.72 bits per heavy atom. The minimum absolute atomic E-state index is 0.108. The van der Waals surface area contributed by atoms with Gasteiger partial charge in [-0.05, 0) is 49.2 Å². The smallest absolute Gasteiger partial charge is 0.328 e. The second-order valence-electron chi connectivity index (χ2n) is 7.97. The van der Waals surface area contributed by atoms with Crippen LogP contribution in [0.3, 0.4) is 0 Å². The highest BCUT2D eigenvalue weighted by Crippen LogP contribution is 2.32. The molecule has 2 rings (SSSR count). The first-order valence-corrected chi connectivity index (χ1v) is 11.6. The van der Waals surface area contributed by atoms with Gasteiger partial charge in [-0.25, -0.2) is 9.59 Å². The van der Waals surface area contributed by atoms with E-state index in [0.717, 1.165) is 5.56 Å². The minimum Gasteiger partial charge on any atom is -0.504 e. The third kappa shape index (κ3) is 8.94. The van der Waals surface area contributed by atoms with Gasteiger partial charge in [-0.2, -0.15) is 0 Å². The van der Waals surface area contributed by atoms with Crippen LogP contribution >= 0.6 is 0 Å². The number of hydrogen-bond donors (Lipinski definition) is 3. The number of phenolic OH excluding ortho intramolecular Hbond substituents is 1. The van der Waals surface area contributed by atoms with Crippen molar-refractivity contribution in [3.63, 3.8) is 0 Å². The van der Waals surface area contributed by atoms with Crippen molar-refractivity contribution >= 4 is 23.8 Å². The predicted molar refractivity (Wildman–Crippen MR) is 131 cm³/mol. The molecule has 0 heterocycles. The number of esters is 2. The maximum Gasteiger partial charge on any atom is 0.328 e. The van der Waals surface area contributed by atoms with Crippen molar-refractivity contribution in [2.45, 2.75) is 52.6 Å². The van der Waals surface area contributed by atoms with Gasteiger partial charge in [-0.15, -0.1) is 0 Å². The summed E-state index contributed by atoms with van der Waals surface area (Å²) in [6, 6.07) is 9.73. The molecule has 0 saturated heterocycles. The number of benzene rings is 2. The summed E-state index contributed by atoms with van der Waals surface area (Å²) in [5.74, 6) is -1.31. The van der Waals surface area contributed by atoms with Gasteiger partial charge in [0.1, 0.15) is 17.8 Å². The molecule has 0 bridgehead atoms. The van der Waals surface area contributed by atoms with Gasteiger partial charge in [0.15, 0.2) is 11.5 Å². The zero-order chi connectivity index (χ0) is 26.7. The van der Waals surface area contributed by atoms with Crippen LogP contribution in [0.4, 0.5) is 0 Å². The summed E-state index contributed by atoms with van der Waals surface area (Å²) in [5.41, 5.74) is 1.40. The quantitative estimate of drug-likeness (QED) is 0.378. The fraction of sp³-hybridized carbons (Fsp3) is 0.385. The molecule has 0 saturated carbocycles. The number of phenols is 1. The highest BCUT2D eigenvalue weighted by Gasteiger charge is 2.23. The molecular weight excluding hydrogens is 468 g/mol. The lowest BCUT2D eigenvalue weighted by Crippen LogP contribution is -2.42. The van der Waals surface area contributed by atoms with Gasteiger partial charge >= 0.3 is 11.9 Å². The summed E-state index contributed by atoms with van der Waals surface area (Å²) >= 11 is 0. The molecule has 0 aliphatic heterocycles. The van der Waals surface area contributed by atoms with Crippen LogP contribution < -0.4 is 15.4 Å². The van der Waals surface area contributed by atoms with Gasteiger partial charge in [-0.1, -0.05) is 18.2 Å². The molecular formula is C26H32N2O8. The van der Waals surface area contributed by atoms with Crippen molar-refractivity contribution in [1.82, 2.24) is 10.6 Å². The predicted octanol–water partition coefficient (Wildman–Crippen LogP) is 2.41. The van der Waals surface area contributed by atoms with E-state index in [9.17, 15) is 24.3 Å². The van der Waals surface area contributed by atoms with Crippen LogP contribution in [-0.4, -0.2) is 54.2 Å². The number of nitrogens with one attached hydrogen (secondary N) is 2. The normalized spacial score (nSPS) is 12.1. The van der Waals surface area contributed by atoms with E-state index in [2.05, 4.69) is 10.6 Å². The zero-order valence-corrected chi connectivity index (χ0v) is 20.8. The molecule has 0 radical (unpaired) electrons. The molecule has 0 aliphatic carbocycles. The zero-order valence-electron chi connectivity index (χ0n) is 20.8. The fourth-order valence-corrected chi connectivity index (χ4v) is 3.42. The molecule has 0 spiro atoms. The molecule has 10 nitrogen and oxygen atoms in total. The number of aromatic hydroxyl groups is 1. The summed E-state index contributed by atoms with van der Waals surface area (Å²) in [6.45, 7) is 6.39. The van der Waals surface area contributed by atoms with Crippen molar-refractivity contribution in [3.05, 3.63) is 53.6 Å². The van der Waals surface area contributed by atoms with E-state index in [1.165, 1.54) is 19.9 Å². The number of carbonyl (C=O) groups is 4. The Morgan fingerprint density at radius 1 is 0.778 bits per heavy atom. The SMILES string of the molecule is CCOC(=O)C(Cc1ccc(Oc2cc(CC(NC(C)=O)C(=O)OCC)ccc2O)cc1)NC(C)=O. The number of rotatable bonds is 12. The van der Waals surface area contributed by atoms with Crippen LogP contribution in [0, 0.1) is 0 Å². The van der Waals surface area contributed by atoms with Crippen LogP contribution in [0.25, 0.3) is 0 Å². The summed E-state index contributed by atoms with van der Waals surface area (Å²) in [4.78, 5) is 47.3. The maximum absolute atomic E-state index is 12.2. The average molecular weight is 501 g/mol. The van der Waals surface area contributed by atoms with E-state index in [4.69, 9.17) is 14.2 Å². The second kappa shape index (κ2) is 13.7. The molecule has 36 heavy (non-hydrogen) atoms. The minimum atomic E-state index is -0.880. The summed E-state index contributed by atoms with van der Waals surface area (Å²) in [5, 5.41) is 15.4. The number of hydrogen-bond acceptors (Lipinski definition) is 8. The van der Waals surface area contributed by atoms with E-state index in [0.29, 0.717) is 11.3 Å². The first-order chi connectivity index (χ1) is 17.1. The van der Waals surface area contributed by atoms with Crippen LogP contribution in [0.15, 0.2) is 42.5 Å². The van der Waals surface area contributed by atoms with Crippen molar-refractivity contribution in [3.8, 4) is 17.2 Å². The highest BCUT2D eigenvalue weighted by molar-refractivity contribution is 5.84. The van der Waals surface area contributed by atoms with Crippen molar-refractivity contribution in [2.24, 2.45) is 0 Å². The Bertz CT molecular complexity index is 1070. The molecule has 0 aliphatic rings. The van der Waals surface area contributed by atoms with Crippen LogP contribution in [0.5, 0.6) is 17.2 Å². The van der Waals surface area contributed by atoms with Crippen molar-refractivity contribution in [2.75, 3.05) is 13.2 Å². The van der Waals surface area contributed by atoms with Crippen LogP contribution in [0.1, 0.15) is 38.8 Å². The van der Waals surface area contributed by atoms with Gasteiger partial charge in [-0.3, -0.25) is 9.59 Å². The standard InChI is InChI=1S/C26H32N2O8/c1-5-34-25(32)21(27-16(3)29)13-18-7-10-20(11-8-18)36-24-15-19(9-12-23(24)31)14-22(28-17(4)30)26(33)35-6-2/h7-12,15,21-22,31H,5-6,13-14H2,1-4H3,(H,27,29)(H,28,30). The van der Waals surface area contributed by atoms with E-state index in [-0.39, 0.29) is 49.4 Å². The molecule has 2 aromatic rings. The third-order valence-corrected chi connectivity index (χ3v) is 4.95. The second-order valence-corrected chi connectivity index (χ2v) is 7.97. The number of ether oxygens (including phenoxy) is 3. The lowest BCUT2D eigenvalue weighted by molar-refractivity contribution is -0.147. The Morgan fingerprint density at radius 2 is 1.25 bits per heavy atom. The number of amides is 2. The lowest BCUT2D eigenvalue weighted by Gasteiger charge is -2.17. The summed E-state index contributed by atoms with van der Waals surface area (Å²) < 4.78 is 15.9. The highest BCUT2D eigenvalue weighted by atomic mass is 16.5. The third-order valence-electron chi connectivity index (χ3n) is 4.95. The fourth-order valence-electron chi connectivity index (χ4n) is 3.42. The van der Waals surface area contributed by atoms with E-state index < -0.39 is 24.0 Å². The van der Waals surface area contributed by atoms with Gasteiger partial charge in [0, 0.05) is 26.7 Å². The van der Waals surface area contributed by atoms with E-state index in [1.54, 1.807) is 50.2 Å². The molecule has 2 aromatic carbocycles. The molecule has 3 N–H and O–H groups in total. The monoisotopic (exact) mass is 500 g/mol. The maximum atomic E-state index is 12.2.